The van der Waals surface area contributed by atoms with Crippen LogP contribution in [0.3, 0.4) is 0 Å². The Morgan fingerprint density at radius 1 is 1.13 bits per heavy atom. The first-order valence-corrected chi connectivity index (χ1v) is 10.0. The van der Waals surface area contributed by atoms with Gasteiger partial charge in [-0.3, -0.25) is 4.79 Å². The minimum Gasteiger partial charge on any atom is -0.349 e. The Labute approximate surface area is 179 Å². The van der Waals surface area contributed by atoms with Gasteiger partial charge in [0.15, 0.2) is 5.69 Å². The summed E-state index contributed by atoms with van der Waals surface area (Å²) in [6, 6.07) is 2.33. The van der Waals surface area contributed by atoms with Gasteiger partial charge in [-0.15, -0.1) is 0 Å². The third kappa shape index (κ3) is 5.72. The molecule has 0 bridgehead atoms. The molecule has 0 atom stereocenters. The van der Waals surface area contributed by atoms with Gasteiger partial charge in [0, 0.05) is 18.8 Å². The molecule has 0 radical (unpaired) electrons. The Morgan fingerprint density at radius 3 is 2.32 bits per heavy atom. The SMILES string of the molecule is Cc1nc(C(F)(F)F)cn1C[C@H]1CC[C@H](NC(=O)c2cc(C(F)(F)F)ccc2Cl)CC1. The molecular formula is C20H20ClF6N3O. The van der Waals surface area contributed by atoms with Crippen molar-refractivity contribution in [3.05, 3.63) is 52.1 Å². The summed E-state index contributed by atoms with van der Waals surface area (Å²) in [5, 5.41) is 2.64. The van der Waals surface area contributed by atoms with Crippen molar-refractivity contribution in [3.63, 3.8) is 0 Å². The minimum absolute atomic E-state index is 0.0739. The zero-order valence-electron chi connectivity index (χ0n) is 16.4. The second kappa shape index (κ2) is 8.72. The first kappa shape index (κ1) is 23.4. The predicted octanol–water partition coefficient (Wildman–Crippen LogP) is 5.87. The fourth-order valence-corrected chi connectivity index (χ4v) is 3.94. The summed E-state index contributed by atoms with van der Waals surface area (Å²) < 4.78 is 78.6. The topological polar surface area (TPSA) is 46.9 Å². The summed E-state index contributed by atoms with van der Waals surface area (Å²) in [6.07, 6.45) is -5.66. The summed E-state index contributed by atoms with van der Waals surface area (Å²) in [5.74, 6) is -0.291. The number of nitrogens with one attached hydrogen (secondary N) is 1. The Hall–Kier alpha value is -2.23. The molecule has 1 N–H and O–H groups in total. The van der Waals surface area contributed by atoms with Gasteiger partial charge in [0.25, 0.3) is 5.91 Å². The fourth-order valence-electron chi connectivity index (χ4n) is 3.74. The molecule has 4 nitrogen and oxygen atoms in total. The zero-order valence-corrected chi connectivity index (χ0v) is 17.2. The highest BCUT2D eigenvalue weighted by molar-refractivity contribution is 6.33. The van der Waals surface area contributed by atoms with Gasteiger partial charge in [-0.05, 0) is 56.7 Å². The number of alkyl halides is 6. The fraction of sp³-hybridized carbons (Fsp3) is 0.500. The van der Waals surface area contributed by atoms with Gasteiger partial charge >= 0.3 is 12.4 Å². The lowest BCUT2D eigenvalue weighted by atomic mass is 9.85. The number of hydrogen-bond acceptors (Lipinski definition) is 2. The first-order chi connectivity index (χ1) is 14.3. The summed E-state index contributed by atoms with van der Waals surface area (Å²) in [6.45, 7) is 1.90. The van der Waals surface area contributed by atoms with Gasteiger partial charge in [-0.1, -0.05) is 11.6 Å². The molecule has 31 heavy (non-hydrogen) atoms. The van der Waals surface area contributed by atoms with E-state index in [9.17, 15) is 31.1 Å². The van der Waals surface area contributed by atoms with Crippen LogP contribution in [0, 0.1) is 12.8 Å². The van der Waals surface area contributed by atoms with Crippen molar-refractivity contribution in [2.45, 2.75) is 57.5 Å². The van der Waals surface area contributed by atoms with Crippen molar-refractivity contribution in [2.75, 3.05) is 0 Å². The highest BCUT2D eigenvalue weighted by Crippen LogP contribution is 2.33. The lowest BCUT2D eigenvalue weighted by Gasteiger charge is -2.29. The molecule has 11 heteroatoms. The van der Waals surface area contributed by atoms with Crippen LogP contribution in [-0.4, -0.2) is 21.5 Å². The van der Waals surface area contributed by atoms with E-state index in [0.29, 0.717) is 32.2 Å². The number of carbonyl (C=O) groups excluding carboxylic acids is 1. The molecule has 1 aliphatic carbocycles. The number of rotatable bonds is 4. The van der Waals surface area contributed by atoms with Gasteiger partial charge < -0.3 is 9.88 Å². The van der Waals surface area contributed by atoms with Crippen LogP contribution in [0.25, 0.3) is 0 Å². The molecule has 1 aromatic heterocycles. The van der Waals surface area contributed by atoms with Crippen LogP contribution in [0.5, 0.6) is 0 Å². The van der Waals surface area contributed by atoms with Crippen LogP contribution in [-0.2, 0) is 18.9 Å². The van der Waals surface area contributed by atoms with Gasteiger partial charge in [0.2, 0.25) is 0 Å². The number of amides is 1. The van der Waals surface area contributed by atoms with Crippen LogP contribution in [0.2, 0.25) is 5.02 Å². The van der Waals surface area contributed by atoms with E-state index < -0.39 is 29.5 Å². The summed E-state index contributed by atoms with van der Waals surface area (Å²) in [7, 11) is 0. The Balaban J connectivity index is 1.57. The number of benzene rings is 1. The standard InChI is InChI=1S/C20H20ClF6N3O/c1-11-28-17(20(25,26)27)10-30(11)9-12-2-5-14(6-3-12)29-18(31)15-8-13(19(22,23)24)4-7-16(15)21/h4,7-8,10,12,14H,2-3,5-6,9H2,1H3,(H,29,31)/t12-,14-. The lowest BCUT2D eigenvalue weighted by molar-refractivity contribution is -0.141. The molecule has 1 fully saturated rings. The largest absolute Gasteiger partial charge is 0.434 e. The van der Waals surface area contributed by atoms with E-state index in [2.05, 4.69) is 10.3 Å². The van der Waals surface area contributed by atoms with E-state index in [-0.39, 0.29) is 28.4 Å². The maximum atomic E-state index is 12.9. The van der Waals surface area contributed by atoms with Crippen molar-refractivity contribution < 1.29 is 31.1 Å². The number of aryl methyl sites for hydroxylation is 1. The molecular weight excluding hydrogens is 448 g/mol. The average molecular weight is 468 g/mol. The number of halogens is 7. The van der Waals surface area contributed by atoms with Gasteiger partial charge in [0.1, 0.15) is 5.82 Å². The van der Waals surface area contributed by atoms with Gasteiger partial charge in [0.05, 0.1) is 16.1 Å². The Morgan fingerprint density at radius 2 is 1.77 bits per heavy atom. The predicted molar refractivity (Wildman–Crippen MR) is 102 cm³/mol. The number of hydrogen-bond donors (Lipinski definition) is 1. The smallest absolute Gasteiger partial charge is 0.349 e. The minimum atomic E-state index is -4.59. The maximum Gasteiger partial charge on any atom is 0.434 e. The van der Waals surface area contributed by atoms with E-state index >= 15 is 0 Å². The maximum absolute atomic E-state index is 12.9. The molecule has 1 saturated carbocycles. The monoisotopic (exact) mass is 467 g/mol. The van der Waals surface area contributed by atoms with Crippen LogP contribution < -0.4 is 5.32 Å². The molecule has 1 aliphatic rings. The third-order valence-corrected chi connectivity index (χ3v) is 5.77. The van der Waals surface area contributed by atoms with Crippen LogP contribution in [0.1, 0.15) is 53.1 Å². The molecule has 0 unspecified atom stereocenters. The van der Waals surface area contributed by atoms with E-state index in [1.165, 1.54) is 11.5 Å². The quantitative estimate of drug-likeness (QED) is 0.571. The van der Waals surface area contributed by atoms with Crippen LogP contribution in [0.4, 0.5) is 26.3 Å². The van der Waals surface area contributed by atoms with Gasteiger partial charge in [-0.2, -0.15) is 26.3 Å². The first-order valence-electron chi connectivity index (χ1n) is 9.63. The molecule has 0 spiro atoms. The van der Waals surface area contributed by atoms with Crippen molar-refractivity contribution in [3.8, 4) is 0 Å². The highest BCUT2D eigenvalue weighted by Gasteiger charge is 2.35. The van der Waals surface area contributed by atoms with Gasteiger partial charge in [-0.25, -0.2) is 4.98 Å². The third-order valence-electron chi connectivity index (χ3n) is 5.44. The molecule has 1 amide bonds. The summed E-state index contributed by atoms with van der Waals surface area (Å²) in [4.78, 5) is 16.0. The molecule has 1 heterocycles. The summed E-state index contributed by atoms with van der Waals surface area (Å²) >= 11 is 5.90. The van der Waals surface area contributed by atoms with E-state index in [0.717, 1.165) is 24.4 Å². The molecule has 0 aliphatic heterocycles. The molecule has 170 valence electrons. The second-order valence-corrected chi connectivity index (χ2v) is 8.11. The molecule has 3 rings (SSSR count). The van der Waals surface area contributed by atoms with Crippen LogP contribution in [0.15, 0.2) is 24.4 Å². The normalized spacial score (nSPS) is 20.0. The average Bonchev–Trinajstić information content (AvgIpc) is 3.03. The molecule has 1 aromatic carbocycles. The zero-order chi connectivity index (χ0) is 23.0. The molecule has 2 aromatic rings. The van der Waals surface area contributed by atoms with Crippen molar-refractivity contribution >= 4 is 17.5 Å². The Kier molecular flexibility index (Phi) is 6.59. The number of nitrogens with zero attached hydrogens (tertiary/aromatic N) is 2. The van der Waals surface area contributed by atoms with Crippen molar-refractivity contribution in [2.24, 2.45) is 5.92 Å². The number of carbonyl (C=O) groups is 1. The van der Waals surface area contributed by atoms with E-state index in [1.807, 2.05) is 0 Å². The lowest BCUT2D eigenvalue weighted by Crippen LogP contribution is -2.38. The summed E-state index contributed by atoms with van der Waals surface area (Å²) in [5.41, 5.74) is -2.13. The van der Waals surface area contributed by atoms with Crippen LogP contribution >= 0.6 is 11.6 Å². The molecule has 0 saturated heterocycles. The van der Waals surface area contributed by atoms with Crippen molar-refractivity contribution in [1.29, 1.82) is 0 Å². The highest BCUT2D eigenvalue weighted by atomic mass is 35.5. The van der Waals surface area contributed by atoms with E-state index in [4.69, 9.17) is 11.6 Å². The second-order valence-electron chi connectivity index (χ2n) is 7.71. The van der Waals surface area contributed by atoms with E-state index in [1.54, 1.807) is 0 Å². The number of imidazole rings is 1. The Bertz CT molecular complexity index is 945. The van der Waals surface area contributed by atoms with Crippen molar-refractivity contribution in [1.82, 2.24) is 14.9 Å². The number of aromatic nitrogens is 2.